The molecule has 0 radical (unpaired) electrons. The van der Waals surface area contributed by atoms with Crippen molar-refractivity contribution in [3.8, 4) is 5.75 Å². The number of nitrogens with zero attached hydrogens (tertiary/aromatic N) is 1. The summed E-state index contributed by atoms with van der Waals surface area (Å²) < 4.78 is 5.69. The number of likely N-dealkylation sites (tertiary alicyclic amines) is 1. The molecule has 2 N–H and O–H groups in total. The second-order valence-corrected chi connectivity index (χ2v) is 5.04. The zero-order valence-electron chi connectivity index (χ0n) is 11.9. The van der Waals surface area contributed by atoms with E-state index in [4.69, 9.17) is 10.5 Å². The van der Waals surface area contributed by atoms with Gasteiger partial charge in [0.2, 0.25) is 0 Å². The number of ether oxygens (including phenoxy) is 1. The Labute approximate surface area is 134 Å². The van der Waals surface area contributed by atoms with Crippen LogP contribution in [0.1, 0.15) is 19.3 Å². The van der Waals surface area contributed by atoms with Gasteiger partial charge in [-0.1, -0.05) is 18.2 Å². The van der Waals surface area contributed by atoms with Gasteiger partial charge in [-0.15, -0.1) is 24.8 Å². The van der Waals surface area contributed by atoms with Crippen molar-refractivity contribution < 1.29 is 4.74 Å². The lowest BCUT2D eigenvalue weighted by Crippen LogP contribution is -2.37. The number of hydrogen-bond donors (Lipinski definition) is 1. The van der Waals surface area contributed by atoms with Gasteiger partial charge in [0.25, 0.3) is 0 Å². The number of piperidine rings is 1. The number of rotatable bonds is 6. The number of benzene rings is 1. The van der Waals surface area contributed by atoms with Gasteiger partial charge in [-0.3, -0.25) is 0 Å². The summed E-state index contributed by atoms with van der Waals surface area (Å²) in [6, 6.07) is 10.0. The van der Waals surface area contributed by atoms with Gasteiger partial charge in [0, 0.05) is 6.54 Å². The molecule has 1 heterocycles. The summed E-state index contributed by atoms with van der Waals surface area (Å²) in [7, 11) is 0. The van der Waals surface area contributed by atoms with E-state index in [1.54, 1.807) is 0 Å². The highest BCUT2D eigenvalue weighted by Gasteiger charge is 2.17. The summed E-state index contributed by atoms with van der Waals surface area (Å²) in [6.07, 6.45) is 3.62. The van der Waals surface area contributed by atoms with Crippen molar-refractivity contribution >= 4 is 24.8 Å². The van der Waals surface area contributed by atoms with Crippen molar-refractivity contribution in [2.45, 2.75) is 19.3 Å². The van der Waals surface area contributed by atoms with Crippen LogP contribution in [0.3, 0.4) is 0 Å². The molecule has 1 aromatic carbocycles. The summed E-state index contributed by atoms with van der Waals surface area (Å²) >= 11 is 0. The topological polar surface area (TPSA) is 38.5 Å². The van der Waals surface area contributed by atoms with Crippen molar-refractivity contribution in [2.24, 2.45) is 11.7 Å². The fourth-order valence-electron chi connectivity index (χ4n) is 2.44. The fraction of sp³-hybridized carbons (Fsp3) is 0.600. The van der Waals surface area contributed by atoms with E-state index in [0.29, 0.717) is 0 Å². The normalized spacial score (nSPS) is 16.1. The molecular formula is C15H26Cl2N2O. The molecule has 0 aromatic heterocycles. The van der Waals surface area contributed by atoms with E-state index in [1.807, 2.05) is 30.3 Å². The van der Waals surface area contributed by atoms with Gasteiger partial charge < -0.3 is 15.4 Å². The third kappa shape index (κ3) is 6.80. The first-order chi connectivity index (χ1) is 8.88. The van der Waals surface area contributed by atoms with Crippen LogP contribution in [0.25, 0.3) is 0 Å². The molecule has 1 fully saturated rings. The molecule has 1 saturated heterocycles. The smallest absolute Gasteiger partial charge is 0.119 e. The molecule has 0 unspecified atom stereocenters. The Hall–Kier alpha value is -0.480. The van der Waals surface area contributed by atoms with Crippen LogP contribution in [0.4, 0.5) is 0 Å². The molecule has 0 bridgehead atoms. The van der Waals surface area contributed by atoms with Gasteiger partial charge in [0.05, 0.1) is 6.61 Å². The van der Waals surface area contributed by atoms with Crippen molar-refractivity contribution in [2.75, 3.05) is 32.8 Å². The lowest BCUT2D eigenvalue weighted by atomic mass is 9.97. The molecule has 0 saturated carbocycles. The minimum absolute atomic E-state index is 0. The molecular weight excluding hydrogens is 295 g/mol. The molecule has 0 amide bonds. The minimum Gasteiger partial charge on any atom is -0.494 e. The summed E-state index contributed by atoms with van der Waals surface area (Å²) in [4.78, 5) is 2.53. The van der Waals surface area contributed by atoms with E-state index in [-0.39, 0.29) is 24.8 Å². The first-order valence-electron chi connectivity index (χ1n) is 6.99. The van der Waals surface area contributed by atoms with Crippen molar-refractivity contribution in [1.29, 1.82) is 0 Å². The van der Waals surface area contributed by atoms with E-state index in [0.717, 1.165) is 37.8 Å². The van der Waals surface area contributed by atoms with Crippen LogP contribution in [-0.2, 0) is 0 Å². The standard InChI is InChI=1S/C15H24N2O.2ClH/c16-13-14-7-10-17(11-8-14)9-4-12-18-15-5-2-1-3-6-15;;/h1-3,5-6,14H,4,7-13,16H2;2*1H. The largest absolute Gasteiger partial charge is 0.494 e. The highest BCUT2D eigenvalue weighted by molar-refractivity contribution is 5.85. The lowest BCUT2D eigenvalue weighted by molar-refractivity contribution is 0.173. The summed E-state index contributed by atoms with van der Waals surface area (Å²) in [5.74, 6) is 1.72. The molecule has 1 aliphatic rings. The van der Waals surface area contributed by atoms with Crippen LogP contribution in [0.2, 0.25) is 0 Å². The molecule has 3 nitrogen and oxygen atoms in total. The summed E-state index contributed by atoms with van der Waals surface area (Å²) in [5.41, 5.74) is 5.70. The van der Waals surface area contributed by atoms with E-state index < -0.39 is 0 Å². The van der Waals surface area contributed by atoms with E-state index >= 15 is 0 Å². The second kappa shape index (κ2) is 11.2. The van der Waals surface area contributed by atoms with Crippen molar-refractivity contribution in [3.63, 3.8) is 0 Å². The third-order valence-electron chi connectivity index (χ3n) is 3.67. The second-order valence-electron chi connectivity index (χ2n) is 5.04. The predicted molar refractivity (Wildman–Crippen MR) is 89.3 cm³/mol. The summed E-state index contributed by atoms with van der Waals surface area (Å²) in [6.45, 7) is 5.20. The maximum atomic E-state index is 5.70. The molecule has 116 valence electrons. The zero-order valence-corrected chi connectivity index (χ0v) is 13.5. The Bertz CT molecular complexity index is 330. The fourth-order valence-corrected chi connectivity index (χ4v) is 2.44. The monoisotopic (exact) mass is 320 g/mol. The van der Waals surface area contributed by atoms with Gasteiger partial charge in [-0.25, -0.2) is 0 Å². The molecule has 0 atom stereocenters. The molecule has 0 spiro atoms. The van der Waals surface area contributed by atoms with Crippen LogP contribution < -0.4 is 10.5 Å². The van der Waals surface area contributed by atoms with E-state index in [2.05, 4.69) is 4.90 Å². The first kappa shape index (κ1) is 19.5. The Kier molecular flexibility index (Phi) is 10.9. The van der Waals surface area contributed by atoms with Crippen LogP contribution in [0.5, 0.6) is 5.75 Å². The predicted octanol–water partition coefficient (Wildman–Crippen LogP) is 2.97. The van der Waals surface area contributed by atoms with E-state index in [1.165, 1.54) is 25.9 Å². The maximum absolute atomic E-state index is 5.70. The molecule has 5 heteroatoms. The minimum atomic E-state index is 0. The number of halogens is 2. The number of para-hydroxylation sites is 1. The summed E-state index contributed by atoms with van der Waals surface area (Å²) in [5, 5.41) is 0. The Balaban J connectivity index is 0.00000180. The maximum Gasteiger partial charge on any atom is 0.119 e. The molecule has 1 aliphatic heterocycles. The molecule has 20 heavy (non-hydrogen) atoms. The third-order valence-corrected chi connectivity index (χ3v) is 3.67. The van der Waals surface area contributed by atoms with Crippen LogP contribution in [-0.4, -0.2) is 37.7 Å². The van der Waals surface area contributed by atoms with Crippen molar-refractivity contribution in [1.82, 2.24) is 4.90 Å². The Morgan fingerprint density at radius 1 is 1.10 bits per heavy atom. The zero-order chi connectivity index (χ0) is 12.6. The number of hydrogen-bond acceptors (Lipinski definition) is 3. The molecule has 1 aromatic rings. The van der Waals surface area contributed by atoms with E-state index in [9.17, 15) is 0 Å². The van der Waals surface area contributed by atoms with Crippen LogP contribution in [0, 0.1) is 5.92 Å². The van der Waals surface area contributed by atoms with Gasteiger partial charge >= 0.3 is 0 Å². The number of nitrogens with two attached hydrogens (primary N) is 1. The highest BCUT2D eigenvalue weighted by Crippen LogP contribution is 2.16. The SMILES string of the molecule is Cl.Cl.NCC1CCN(CCCOc2ccccc2)CC1. The highest BCUT2D eigenvalue weighted by atomic mass is 35.5. The van der Waals surface area contributed by atoms with Gasteiger partial charge in [0.1, 0.15) is 5.75 Å². The molecule has 2 rings (SSSR count). The van der Waals surface area contributed by atoms with Crippen molar-refractivity contribution in [3.05, 3.63) is 30.3 Å². The van der Waals surface area contributed by atoms with Gasteiger partial charge in [-0.2, -0.15) is 0 Å². The van der Waals surface area contributed by atoms with Gasteiger partial charge in [0.15, 0.2) is 0 Å². The van der Waals surface area contributed by atoms with Crippen LogP contribution in [0.15, 0.2) is 30.3 Å². The Morgan fingerprint density at radius 2 is 1.75 bits per heavy atom. The van der Waals surface area contributed by atoms with Crippen LogP contribution >= 0.6 is 24.8 Å². The Morgan fingerprint density at radius 3 is 2.35 bits per heavy atom. The first-order valence-corrected chi connectivity index (χ1v) is 6.99. The average molecular weight is 321 g/mol. The average Bonchev–Trinajstić information content (AvgIpc) is 2.45. The lowest BCUT2D eigenvalue weighted by Gasteiger charge is -2.31. The molecule has 0 aliphatic carbocycles. The van der Waals surface area contributed by atoms with Gasteiger partial charge in [-0.05, 0) is 56.9 Å². The quantitative estimate of drug-likeness (QED) is 0.819.